The quantitative estimate of drug-likeness (QED) is 0.586. The molecule has 4 aliphatic carbocycles. The number of fused-ring (bicyclic) bond motifs is 1. The second-order valence-corrected chi connectivity index (χ2v) is 14.7. The molecule has 4 saturated carbocycles. The van der Waals surface area contributed by atoms with E-state index >= 15 is 0 Å². The Kier molecular flexibility index (Phi) is 5.01. The van der Waals surface area contributed by atoms with Gasteiger partial charge in [0.25, 0.3) is 10.0 Å². The third kappa shape index (κ3) is 3.46. The number of hydrogen-bond acceptors (Lipinski definition) is 9. The number of ether oxygens (including phenoxy) is 2. The monoisotopic (exact) mass is 540 g/mol. The summed E-state index contributed by atoms with van der Waals surface area (Å²) in [5, 5.41) is 0.416. The average Bonchev–Trinajstić information content (AvgIpc) is 3.39. The van der Waals surface area contributed by atoms with Gasteiger partial charge in [-0.3, -0.25) is 4.90 Å². The van der Waals surface area contributed by atoms with Crippen LogP contribution < -0.4 is 4.72 Å². The Morgan fingerprint density at radius 2 is 2.06 bits per heavy atom. The molecular weight excluding hydrogens is 512 g/mol. The van der Waals surface area contributed by atoms with Crippen molar-refractivity contribution >= 4 is 37.0 Å². The van der Waals surface area contributed by atoms with Gasteiger partial charge in [0.1, 0.15) is 4.90 Å². The number of nitrogens with zero attached hydrogens (tertiary/aromatic N) is 3. The summed E-state index contributed by atoms with van der Waals surface area (Å²) in [7, 11) is -7.78. The van der Waals surface area contributed by atoms with E-state index in [4.69, 9.17) is 9.47 Å². The van der Waals surface area contributed by atoms with Crippen LogP contribution in [0.5, 0.6) is 0 Å². The average molecular weight is 541 g/mol. The molecule has 3 heterocycles. The van der Waals surface area contributed by atoms with Crippen molar-refractivity contribution < 1.29 is 26.3 Å². The molecule has 0 aromatic heterocycles. The van der Waals surface area contributed by atoms with E-state index in [1.165, 1.54) is 36.7 Å². The maximum absolute atomic E-state index is 13.0. The van der Waals surface area contributed by atoms with Gasteiger partial charge in [-0.1, -0.05) is 6.92 Å². The highest BCUT2D eigenvalue weighted by molar-refractivity contribution is 8.15. The molecule has 13 heteroatoms. The van der Waals surface area contributed by atoms with Crippen molar-refractivity contribution in [3.8, 4) is 0 Å². The zero-order valence-corrected chi connectivity index (χ0v) is 21.7. The molecular formula is C22H28N4O6S3. The van der Waals surface area contributed by atoms with Gasteiger partial charge >= 0.3 is 0 Å². The number of thioether (sulfide) groups is 1. The molecule has 1 N–H and O–H groups in total. The van der Waals surface area contributed by atoms with Crippen LogP contribution >= 0.6 is 11.8 Å². The predicted octanol–water partition coefficient (Wildman–Crippen LogP) is 1.11. The minimum Gasteiger partial charge on any atom is -0.347 e. The van der Waals surface area contributed by atoms with Gasteiger partial charge in [0, 0.05) is 42.9 Å². The lowest BCUT2D eigenvalue weighted by Gasteiger charge is -2.28. The van der Waals surface area contributed by atoms with Crippen molar-refractivity contribution in [2.24, 2.45) is 28.1 Å². The third-order valence-corrected chi connectivity index (χ3v) is 12.6. The summed E-state index contributed by atoms with van der Waals surface area (Å²) < 4.78 is 69.8. The molecule has 0 radical (unpaired) electrons. The molecule has 4 atom stereocenters. The van der Waals surface area contributed by atoms with E-state index in [2.05, 4.69) is 14.0 Å². The van der Waals surface area contributed by atoms with Crippen molar-refractivity contribution in [1.82, 2.24) is 14.5 Å². The number of benzene rings is 1. The third-order valence-electron chi connectivity index (χ3n) is 8.35. The SMILES string of the molecule is CCNS(=O)(=O)c1ccc2c(c1)S(=O)(=O)N=C(N1CCN(CC3COC4(O3)C3CC5C(C3)C54)C1)S2. The zero-order chi connectivity index (χ0) is 24.2. The van der Waals surface area contributed by atoms with Crippen LogP contribution in [0.4, 0.5) is 0 Å². The van der Waals surface area contributed by atoms with E-state index in [0.717, 1.165) is 24.9 Å². The van der Waals surface area contributed by atoms with Gasteiger partial charge in [-0.2, -0.15) is 8.42 Å². The van der Waals surface area contributed by atoms with E-state index in [1.807, 2.05) is 4.90 Å². The van der Waals surface area contributed by atoms with Crippen molar-refractivity contribution in [3.05, 3.63) is 18.2 Å². The summed E-state index contributed by atoms with van der Waals surface area (Å²) in [5.74, 6) is 2.50. The molecule has 10 nitrogen and oxygen atoms in total. The number of amidine groups is 1. The first-order chi connectivity index (χ1) is 16.7. The number of rotatable bonds is 5. The van der Waals surface area contributed by atoms with Crippen molar-refractivity contribution in [2.45, 2.75) is 46.3 Å². The van der Waals surface area contributed by atoms with Gasteiger partial charge in [-0.25, -0.2) is 13.1 Å². The van der Waals surface area contributed by atoms with Crippen LogP contribution in [0.1, 0.15) is 19.8 Å². The maximum atomic E-state index is 13.0. The zero-order valence-electron chi connectivity index (χ0n) is 19.3. The molecule has 190 valence electrons. The van der Waals surface area contributed by atoms with Crippen molar-refractivity contribution in [3.63, 3.8) is 0 Å². The fourth-order valence-electron chi connectivity index (χ4n) is 6.91. The lowest BCUT2D eigenvalue weighted by atomic mass is 10.1. The molecule has 1 aromatic carbocycles. The first-order valence-corrected chi connectivity index (χ1v) is 15.9. The summed E-state index contributed by atoms with van der Waals surface area (Å²) in [6, 6.07) is 4.17. The van der Waals surface area contributed by atoms with Crippen LogP contribution in [-0.4, -0.2) is 83.1 Å². The number of sulfonamides is 2. The normalized spacial score (nSPS) is 38.8. The van der Waals surface area contributed by atoms with Gasteiger partial charge in [0.05, 0.1) is 24.3 Å². The largest absolute Gasteiger partial charge is 0.347 e. The van der Waals surface area contributed by atoms with E-state index in [1.54, 1.807) is 13.0 Å². The van der Waals surface area contributed by atoms with Crippen LogP contribution in [-0.2, 0) is 29.5 Å². The minimum atomic E-state index is -4.01. The summed E-state index contributed by atoms with van der Waals surface area (Å²) in [5.41, 5.74) is 0. The molecule has 3 aliphatic heterocycles. The highest BCUT2D eigenvalue weighted by Gasteiger charge is 2.79. The Hall–Kier alpha value is -1.22. The van der Waals surface area contributed by atoms with E-state index in [9.17, 15) is 16.8 Å². The van der Waals surface area contributed by atoms with E-state index in [0.29, 0.717) is 41.7 Å². The Morgan fingerprint density at radius 3 is 2.77 bits per heavy atom. The molecule has 1 aromatic rings. The molecule has 4 unspecified atom stereocenters. The number of nitrogens with one attached hydrogen (secondary N) is 1. The Labute approximate surface area is 209 Å². The lowest BCUT2D eigenvalue weighted by Crippen LogP contribution is -2.38. The fourth-order valence-corrected chi connectivity index (χ4v) is 10.7. The molecule has 0 amide bonds. The molecule has 35 heavy (non-hydrogen) atoms. The topological polar surface area (TPSA) is 118 Å². The second-order valence-electron chi connectivity index (χ2n) is 10.3. The summed E-state index contributed by atoms with van der Waals surface area (Å²) >= 11 is 1.26. The fraction of sp³-hybridized carbons (Fsp3) is 0.682. The van der Waals surface area contributed by atoms with Crippen LogP contribution in [0, 0.1) is 23.7 Å². The molecule has 1 spiro atoms. The van der Waals surface area contributed by atoms with Crippen LogP contribution in [0.15, 0.2) is 37.3 Å². The first-order valence-electron chi connectivity index (χ1n) is 12.2. The first kappa shape index (κ1) is 22.9. The Morgan fingerprint density at radius 1 is 1.26 bits per heavy atom. The van der Waals surface area contributed by atoms with E-state index < -0.39 is 20.0 Å². The summed E-state index contributed by atoms with van der Waals surface area (Å²) in [4.78, 5) is 4.55. The van der Waals surface area contributed by atoms with Gasteiger partial charge in [0.2, 0.25) is 10.0 Å². The molecule has 7 aliphatic rings. The van der Waals surface area contributed by atoms with Crippen LogP contribution in [0.2, 0.25) is 0 Å². The Balaban J connectivity index is 1.03. The highest BCUT2D eigenvalue weighted by Crippen LogP contribution is 2.77. The highest BCUT2D eigenvalue weighted by atomic mass is 32.2. The standard InChI is InChI=1S/C22H28N4O6S3/c1-2-23-34(27,28)15-3-4-18-19(9-15)35(29,30)24-21(33-18)26-6-5-25(12-26)10-14-11-31-22(32-14)13-7-16-17(8-13)20(16)22/h3-4,9,13-14,16-17,20,23H,2,5-8,10-12H2,1H3. The summed E-state index contributed by atoms with van der Waals surface area (Å²) in [6.45, 7) is 5.28. The van der Waals surface area contributed by atoms with Crippen molar-refractivity contribution in [1.29, 1.82) is 0 Å². The maximum Gasteiger partial charge on any atom is 0.285 e. The molecule has 6 fully saturated rings. The molecule has 2 saturated heterocycles. The molecule has 8 rings (SSSR count). The van der Waals surface area contributed by atoms with Gasteiger partial charge < -0.3 is 14.4 Å². The predicted molar refractivity (Wildman–Crippen MR) is 128 cm³/mol. The van der Waals surface area contributed by atoms with Crippen molar-refractivity contribution in [2.75, 3.05) is 39.5 Å². The van der Waals surface area contributed by atoms with E-state index in [-0.39, 0.29) is 28.2 Å². The van der Waals surface area contributed by atoms with Gasteiger partial charge in [0.15, 0.2) is 11.0 Å². The van der Waals surface area contributed by atoms with Crippen LogP contribution in [0.25, 0.3) is 0 Å². The minimum absolute atomic E-state index is 0.0399. The van der Waals surface area contributed by atoms with Crippen LogP contribution in [0.3, 0.4) is 0 Å². The van der Waals surface area contributed by atoms with Gasteiger partial charge in [-0.05, 0) is 54.6 Å². The summed E-state index contributed by atoms with van der Waals surface area (Å²) in [6.07, 6.45) is 2.56. The lowest BCUT2D eigenvalue weighted by molar-refractivity contribution is -0.194. The Bertz CT molecular complexity index is 1320. The number of hydrogen-bond donors (Lipinski definition) is 1. The second kappa shape index (κ2) is 7.65. The smallest absolute Gasteiger partial charge is 0.285 e. The van der Waals surface area contributed by atoms with Gasteiger partial charge in [-0.15, -0.1) is 4.40 Å². The molecule has 4 bridgehead atoms.